The lowest BCUT2D eigenvalue weighted by Gasteiger charge is -2.37. The zero-order valence-electron chi connectivity index (χ0n) is 16.9. The number of imide groups is 1. The lowest BCUT2D eigenvalue weighted by Crippen LogP contribution is -2.40. The molecule has 1 saturated heterocycles. The van der Waals surface area contributed by atoms with Gasteiger partial charge in [0.1, 0.15) is 0 Å². The van der Waals surface area contributed by atoms with Crippen LogP contribution in [0.25, 0.3) is 0 Å². The van der Waals surface area contributed by atoms with E-state index in [1.54, 1.807) is 28.9 Å². The van der Waals surface area contributed by atoms with Crippen molar-refractivity contribution in [3.63, 3.8) is 0 Å². The van der Waals surface area contributed by atoms with E-state index in [2.05, 4.69) is 17.6 Å². The molecule has 3 fully saturated rings. The number of aromatic nitrogens is 1. The van der Waals surface area contributed by atoms with Gasteiger partial charge in [-0.2, -0.15) is 0 Å². The number of allylic oxidation sites excluding steroid dienone is 2. The van der Waals surface area contributed by atoms with Crippen molar-refractivity contribution in [2.75, 3.05) is 10.3 Å². The van der Waals surface area contributed by atoms with Crippen LogP contribution in [0.15, 0.2) is 48.6 Å². The van der Waals surface area contributed by atoms with Gasteiger partial charge < -0.3 is 0 Å². The average Bonchev–Trinajstić information content (AvgIpc) is 3.47. The quantitative estimate of drug-likeness (QED) is 0.635. The first kappa shape index (κ1) is 17.7. The Labute approximate surface area is 174 Å². The molecule has 0 unspecified atom stereocenters. The molecule has 30 heavy (non-hydrogen) atoms. The van der Waals surface area contributed by atoms with Crippen LogP contribution in [0, 0.1) is 49.4 Å². The van der Waals surface area contributed by atoms with Crippen LogP contribution in [-0.4, -0.2) is 22.4 Å². The topological polar surface area (TPSA) is 71.4 Å². The Kier molecular flexibility index (Phi) is 3.50. The second kappa shape index (κ2) is 5.94. The average molecular weight is 401 g/mol. The van der Waals surface area contributed by atoms with Gasteiger partial charge in [0.2, 0.25) is 11.8 Å². The van der Waals surface area contributed by atoms with Gasteiger partial charge in [-0.05, 0) is 80.3 Å². The molecular formula is C24H23N3O3. The number of carbonyl (C=O) groups excluding carboxylic acids is 3. The molecule has 6 atom stereocenters. The van der Waals surface area contributed by atoms with Crippen molar-refractivity contribution in [3.8, 4) is 0 Å². The Bertz CT molecular complexity index is 1070. The van der Waals surface area contributed by atoms with Crippen molar-refractivity contribution in [2.24, 2.45) is 35.5 Å². The number of benzene rings is 1. The number of amides is 3. The number of nitrogens with zero attached hydrogens (tertiary/aromatic N) is 2. The molecule has 0 radical (unpaired) electrons. The normalized spacial score (nSPS) is 32.9. The molecule has 2 aromatic rings. The Balaban J connectivity index is 1.25. The molecule has 7 rings (SSSR count). The molecule has 1 aromatic heterocycles. The number of aryl methyl sites for hydroxylation is 2. The number of rotatable bonds is 3. The van der Waals surface area contributed by atoms with E-state index < -0.39 is 0 Å². The lowest BCUT2D eigenvalue weighted by molar-refractivity contribution is -0.124. The smallest absolute Gasteiger partial charge is 0.270 e. The van der Waals surface area contributed by atoms with Crippen molar-refractivity contribution in [1.29, 1.82) is 0 Å². The minimum absolute atomic E-state index is 0.0782. The van der Waals surface area contributed by atoms with E-state index >= 15 is 0 Å². The van der Waals surface area contributed by atoms with Crippen LogP contribution in [-0.2, 0) is 9.59 Å². The summed E-state index contributed by atoms with van der Waals surface area (Å²) in [6.45, 7) is 3.85. The predicted molar refractivity (Wildman–Crippen MR) is 111 cm³/mol. The summed E-state index contributed by atoms with van der Waals surface area (Å²) in [6, 6.07) is 10.6. The minimum Gasteiger partial charge on any atom is -0.274 e. The maximum Gasteiger partial charge on any atom is 0.270 e. The van der Waals surface area contributed by atoms with E-state index in [1.165, 1.54) is 4.90 Å². The molecule has 2 saturated carbocycles. The fourth-order valence-electron chi connectivity index (χ4n) is 5.98. The third-order valence-electron chi connectivity index (χ3n) is 7.53. The van der Waals surface area contributed by atoms with Crippen molar-refractivity contribution >= 4 is 23.4 Å². The van der Waals surface area contributed by atoms with Crippen LogP contribution in [0.3, 0.4) is 0 Å². The summed E-state index contributed by atoms with van der Waals surface area (Å²) < 4.78 is 1.74. The molecule has 3 amide bonds. The number of anilines is 1. The SMILES string of the molecule is Cc1ccc(C)n1NC(=O)c1ccc(N2C(=O)[C@@H]3[C@H]4C=C[C@@H]([C@@H]5C[C@H]45)[C@@H]3C2=O)cc1. The number of hydrogen-bond acceptors (Lipinski definition) is 3. The molecule has 152 valence electrons. The maximum absolute atomic E-state index is 13.2. The Morgan fingerprint density at radius 1 is 0.867 bits per heavy atom. The van der Waals surface area contributed by atoms with Crippen LogP contribution in [0.1, 0.15) is 28.2 Å². The monoisotopic (exact) mass is 401 g/mol. The summed E-state index contributed by atoms with van der Waals surface area (Å²) >= 11 is 0. The highest BCUT2D eigenvalue weighted by molar-refractivity contribution is 6.22. The van der Waals surface area contributed by atoms with Gasteiger partial charge in [-0.3, -0.25) is 29.4 Å². The summed E-state index contributed by atoms with van der Waals surface area (Å²) in [5.74, 6) is 0.788. The molecular weight excluding hydrogens is 378 g/mol. The second-order valence-electron chi connectivity index (χ2n) is 9.11. The van der Waals surface area contributed by atoms with Crippen molar-refractivity contribution in [1.82, 2.24) is 4.68 Å². The summed E-state index contributed by atoms with van der Waals surface area (Å²) in [4.78, 5) is 40.4. The van der Waals surface area contributed by atoms with Gasteiger partial charge in [0.05, 0.1) is 17.5 Å². The first-order chi connectivity index (χ1) is 14.5. The fraction of sp³-hybridized carbons (Fsp3) is 0.375. The largest absolute Gasteiger partial charge is 0.274 e. The maximum atomic E-state index is 13.2. The third kappa shape index (κ3) is 2.27. The minimum atomic E-state index is -0.237. The van der Waals surface area contributed by atoms with Gasteiger partial charge in [0.25, 0.3) is 5.91 Å². The van der Waals surface area contributed by atoms with Crippen LogP contribution < -0.4 is 10.3 Å². The van der Waals surface area contributed by atoms with Crippen molar-refractivity contribution < 1.29 is 14.4 Å². The molecule has 5 aliphatic rings. The van der Waals surface area contributed by atoms with Gasteiger partial charge in [-0.25, -0.2) is 0 Å². The number of carbonyl (C=O) groups is 3. The van der Waals surface area contributed by atoms with Crippen LogP contribution in [0.2, 0.25) is 0 Å². The fourth-order valence-corrected chi connectivity index (χ4v) is 5.98. The predicted octanol–water partition coefficient (Wildman–Crippen LogP) is 3.05. The zero-order chi connectivity index (χ0) is 20.7. The highest BCUT2D eigenvalue weighted by Crippen LogP contribution is 2.65. The van der Waals surface area contributed by atoms with E-state index in [9.17, 15) is 14.4 Å². The molecule has 1 aliphatic heterocycles. The first-order valence-corrected chi connectivity index (χ1v) is 10.6. The van der Waals surface area contributed by atoms with Crippen molar-refractivity contribution in [3.05, 3.63) is 65.5 Å². The van der Waals surface area contributed by atoms with Gasteiger partial charge in [-0.15, -0.1) is 0 Å². The second-order valence-corrected chi connectivity index (χ2v) is 9.11. The van der Waals surface area contributed by atoms with Crippen LogP contribution >= 0.6 is 0 Å². The third-order valence-corrected chi connectivity index (χ3v) is 7.53. The molecule has 2 heterocycles. The summed E-state index contributed by atoms with van der Waals surface area (Å²) in [6.07, 6.45) is 5.50. The van der Waals surface area contributed by atoms with E-state index in [4.69, 9.17) is 0 Å². The Morgan fingerprint density at radius 3 is 1.93 bits per heavy atom. The number of nitrogens with one attached hydrogen (secondary N) is 1. The van der Waals surface area contributed by atoms with Crippen LogP contribution in [0.5, 0.6) is 0 Å². The van der Waals surface area contributed by atoms with E-state index in [1.807, 2.05) is 26.0 Å². The standard InChI is InChI=1S/C24H23N3O3/c1-12-3-4-13(2)27(12)25-22(28)14-5-7-15(8-6-14)26-23(29)20-16-9-10-17(19-11-18(16)19)21(20)24(26)30/h3-10,16-21H,11H2,1-2H3,(H,25,28)/t16-,17-,18-,19+,20-,21+/m0/s1. The van der Waals surface area contributed by atoms with Gasteiger partial charge >= 0.3 is 0 Å². The Hall–Kier alpha value is -3.15. The molecule has 4 aliphatic carbocycles. The van der Waals surface area contributed by atoms with Crippen molar-refractivity contribution in [2.45, 2.75) is 20.3 Å². The van der Waals surface area contributed by atoms with Crippen LogP contribution in [0.4, 0.5) is 5.69 Å². The number of hydrogen-bond donors (Lipinski definition) is 1. The first-order valence-electron chi connectivity index (χ1n) is 10.6. The summed E-state index contributed by atoms with van der Waals surface area (Å²) in [7, 11) is 0. The molecule has 2 bridgehead atoms. The lowest BCUT2D eigenvalue weighted by atomic mass is 9.63. The van der Waals surface area contributed by atoms with Gasteiger partial charge in [-0.1, -0.05) is 12.2 Å². The van der Waals surface area contributed by atoms with Gasteiger partial charge in [0.15, 0.2) is 0 Å². The van der Waals surface area contributed by atoms with E-state index in [0.717, 1.165) is 17.8 Å². The highest BCUT2D eigenvalue weighted by atomic mass is 16.2. The zero-order valence-corrected chi connectivity index (χ0v) is 16.9. The molecule has 6 nitrogen and oxygen atoms in total. The molecule has 1 aromatic carbocycles. The van der Waals surface area contributed by atoms with E-state index in [-0.39, 0.29) is 41.4 Å². The Morgan fingerprint density at radius 2 is 1.40 bits per heavy atom. The summed E-state index contributed by atoms with van der Waals surface area (Å²) in [5.41, 5.74) is 5.78. The highest BCUT2D eigenvalue weighted by Gasteiger charge is 2.67. The molecule has 6 heteroatoms. The van der Waals surface area contributed by atoms with E-state index in [0.29, 0.717) is 23.1 Å². The molecule has 1 N–H and O–H groups in total. The molecule has 0 spiro atoms. The van der Waals surface area contributed by atoms with Gasteiger partial charge in [0, 0.05) is 17.0 Å². The summed E-state index contributed by atoms with van der Waals surface area (Å²) in [5, 5.41) is 0.